The van der Waals surface area contributed by atoms with Gasteiger partial charge in [-0.1, -0.05) is 55.7 Å². The summed E-state index contributed by atoms with van der Waals surface area (Å²) in [5, 5.41) is 2.25. The zero-order valence-electron chi connectivity index (χ0n) is 13.5. The third kappa shape index (κ3) is 3.61. The maximum atomic E-state index is 12.2. The Balaban J connectivity index is 1.68. The molecule has 23 heavy (non-hydrogen) atoms. The molecule has 1 atom stereocenters. The fourth-order valence-corrected chi connectivity index (χ4v) is 3.28. The summed E-state index contributed by atoms with van der Waals surface area (Å²) in [5.41, 5.74) is 0.911. The number of hydrogen-bond donors (Lipinski definition) is 0. The van der Waals surface area contributed by atoms with E-state index in [0.29, 0.717) is 0 Å². The van der Waals surface area contributed by atoms with E-state index in [4.69, 9.17) is 4.74 Å². The molecule has 1 fully saturated rings. The van der Waals surface area contributed by atoms with Crippen LogP contribution in [0.2, 0.25) is 0 Å². The summed E-state index contributed by atoms with van der Waals surface area (Å²) in [4.78, 5) is 24.3. The zero-order valence-corrected chi connectivity index (χ0v) is 13.5. The van der Waals surface area contributed by atoms with E-state index in [1.807, 2.05) is 49.4 Å². The molecule has 1 saturated carbocycles. The molecule has 2 aromatic rings. The van der Waals surface area contributed by atoms with Gasteiger partial charge in [-0.15, -0.1) is 0 Å². The highest BCUT2D eigenvalue weighted by Gasteiger charge is 2.29. The van der Waals surface area contributed by atoms with Crippen LogP contribution in [0, 0.1) is 5.92 Å². The van der Waals surface area contributed by atoms with Gasteiger partial charge in [-0.05, 0) is 42.2 Å². The lowest BCUT2D eigenvalue weighted by molar-refractivity contribution is -0.159. The van der Waals surface area contributed by atoms with E-state index in [1.165, 1.54) is 0 Å². The Hall–Kier alpha value is -2.16. The standard InChI is InChI=1S/C20H22O3/c1-14(17-12-11-15-7-5-6-10-18(15)13-17)23-20(22)19(21)16-8-3-2-4-9-16/h5-7,10-14,16H,2-4,8-9H2,1H3. The van der Waals surface area contributed by atoms with Crippen molar-refractivity contribution in [2.75, 3.05) is 0 Å². The Morgan fingerprint density at radius 3 is 2.43 bits per heavy atom. The highest BCUT2D eigenvalue weighted by molar-refractivity contribution is 6.34. The third-order valence-corrected chi connectivity index (χ3v) is 4.70. The molecule has 2 aromatic carbocycles. The Bertz CT molecular complexity index is 714. The van der Waals surface area contributed by atoms with Gasteiger partial charge < -0.3 is 4.74 Å². The van der Waals surface area contributed by atoms with E-state index in [-0.39, 0.29) is 11.7 Å². The Labute approximate surface area is 136 Å². The molecule has 3 rings (SSSR count). The molecule has 1 unspecified atom stereocenters. The molecule has 0 bridgehead atoms. The molecule has 3 nitrogen and oxygen atoms in total. The summed E-state index contributed by atoms with van der Waals surface area (Å²) in [5.74, 6) is -1.17. The van der Waals surface area contributed by atoms with E-state index in [2.05, 4.69) is 0 Å². The first-order valence-corrected chi connectivity index (χ1v) is 8.38. The van der Waals surface area contributed by atoms with E-state index in [1.54, 1.807) is 0 Å². The number of carbonyl (C=O) groups excluding carboxylic acids is 2. The van der Waals surface area contributed by atoms with Crippen molar-refractivity contribution in [1.82, 2.24) is 0 Å². The smallest absolute Gasteiger partial charge is 0.375 e. The second-order valence-corrected chi connectivity index (χ2v) is 6.35. The number of rotatable bonds is 4. The van der Waals surface area contributed by atoms with Gasteiger partial charge in [0.2, 0.25) is 5.78 Å². The average Bonchev–Trinajstić information content (AvgIpc) is 2.61. The number of fused-ring (bicyclic) bond motifs is 1. The van der Waals surface area contributed by atoms with Crippen molar-refractivity contribution in [3.63, 3.8) is 0 Å². The van der Waals surface area contributed by atoms with E-state index >= 15 is 0 Å². The number of hydrogen-bond acceptors (Lipinski definition) is 3. The van der Waals surface area contributed by atoms with Crippen LogP contribution in [0.3, 0.4) is 0 Å². The first-order valence-electron chi connectivity index (χ1n) is 8.38. The van der Waals surface area contributed by atoms with Crippen LogP contribution in [0.1, 0.15) is 50.7 Å². The summed E-state index contributed by atoms with van der Waals surface area (Å²) >= 11 is 0. The summed E-state index contributed by atoms with van der Waals surface area (Å²) in [6.07, 6.45) is 4.44. The number of Topliss-reactive ketones (excluding diaryl/α,β-unsaturated/α-hetero) is 1. The second-order valence-electron chi connectivity index (χ2n) is 6.35. The van der Waals surface area contributed by atoms with Crippen molar-refractivity contribution in [3.05, 3.63) is 48.0 Å². The van der Waals surface area contributed by atoms with Crippen LogP contribution >= 0.6 is 0 Å². The number of carbonyl (C=O) groups is 2. The van der Waals surface area contributed by atoms with Crippen LogP contribution in [0.25, 0.3) is 10.8 Å². The minimum atomic E-state index is -0.683. The molecule has 0 aliphatic heterocycles. The van der Waals surface area contributed by atoms with Gasteiger partial charge in [-0.2, -0.15) is 0 Å². The van der Waals surface area contributed by atoms with Crippen molar-refractivity contribution in [2.24, 2.45) is 5.92 Å². The molecule has 0 aromatic heterocycles. The topological polar surface area (TPSA) is 43.4 Å². The minimum absolute atomic E-state index is 0.139. The highest BCUT2D eigenvalue weighted by atomic mass is 16.5. The lowest BCUT2D eigenvalue weighted by atomic mass is 9.86. The predicted octanol–water partition coefficient (Wildman–Crippen LogP) is 4.59. The van der Waals surface area contributed by atoms with Crippen LogP contribution in [0.15, 0.2) is 42.5 Å². The molecule has 3 heteroatoms. The van der Waals surface area contributed by atoms with Gasteiger partial charge in [-0.3, -0.25) is 4.79 Å². The molecule has 0 radical (unpaired) electrons. The van der Waals surface area contributed by atoms with Crippen molar-refractivity contribution in [3.8, 4) is 0 Å². The summed E-state index contributed by atoms with van der Waals surface area (Å²) < 4.78 is 5.41. The lowest BCUT2D eigenvalue weighted by Gasteiger charge is -2.20. The largest absolute Gasteiger partial charge is 0.452 e. The normalized spacial score (nSPS) is 16.9. The van der Waals surface area contributed by atoms with Crippen LogP contribution in [0.5, 0.6) is 0 Å². The maximum Gasteiger partial charge on any atom is 0.375 e. The van der Waals surface area contributed by atoms with Crippen molar-refractivity contribution >= 4 is 22.5 Å². The van der Waals surface area contributed by atoms with Crippen LogP contribution in [-0.2, 0) is 14.3 Å². The molecular formula is C20H22O3. The molecule has 0 spiro atoms. The van der Waals surface area contributed by atoms with Gasteiger partial charge in [0.25, 0.3) is 0 Å². The fourth-order valence-electron chi connectivity index (χ4n) is 3.28. The van der Waals surface area contributed by atoms with E-state index in [0.717, 1.165) is 48.4 Å². The van der Waals surface area contributed by atoms with Crippen molar-refractivity contribution in [1.29, 1.82) is 0 Å². The van der Waals surface area contributed by atoms with Crippen LogP contribution in [0.4, 0.5) is 0 Å². The zero-order chi connectivity index (χ0) is 16.2. The molecule has 120 valence electrons. The number of ether oxygens (including phenoxy) is 1. The Kier molecular flexibility index (Phi) is 4.75. The molecular weight excluding hydrogens is 288 g/mol. The Morgan fingerprint density at radius 1 is 1.00 bits per heavy atom. The van der Waals surface area contributed by atoms with E-state index in [9.17, 15) is 9.59 Å². The summed E-state index contributed by atoms with van der Waals surface area (Å²) in [7, 11) is 0. The van der Waals surface area contributed by atoms with Gasteiger partial charge >= 0.3 is 5.97 Å². The Morgan fingerprint density at radius 2 is 1.70 bits per heavy atom. The highest BCUT2D eigenvalue weighted by Crippen LogP contribution is 2.26. The predicted molar refractivity (Wildman–Crippen MR) is 90.0 cm³/mol. The maximum absolute atomic E-state index is 12.2. The van der Waals surface area contributed by atoms with Gasteiger partial charge in [0.1, 0.15) is 6.10 Å². The second kappa shape index (κ2) is 6.95. The van der Waals surface area contributed by atoms with Gasteiger partial charge in [0.15, 0.2) is 0 Å². The minimum Gasteiger partial charge on any atom is -0.452 e. The molecule has 0 amide bonds. The summed E-state index contributed by atoms with van der Waals surface area (Å²) in [6, 6.07) is 14.0. The number of ketones is 1. The molecule has 1 aliphatic rings. The number of esters is 1. The molecule has 1 aliphatic carbocycles. The van der Waals surface area contributed by atoms with Crippen molar-refractivity contribution in [2.45, 2.75) is 45.1 Å². The van der Waals surface area contributed by atoms with Crippen LogP contribution in [-0.4, -0.2) is 11.8 Å². The first-order chi connectivity index (χ1) is 11.1. The van der Waals surface area contributed by atoms with Gasteiger partial charge in [-0.25, -0.2) is 4.79 Å². The lowest BCUT2D eigenvalue weighted by Crippen LogP contribution is -2.28. The first kappa shape index (κ1) is 15.7. The van der Waals surface area contributed by atoms with Gasteiger partial charge in [0, 0.05) is 5.92 Å². The summed E-state index contributed by atoms with van der Waals surface area (Å²) in [6.45, 7) is 1.82. The number of benzene rings is 2. The van der Waals surface area contributed by atoms with E-state index < -0.39 is 12.1 Å². The average molecular weight is 310 g/mol. The quantitative estimate of drug-likeness (QED) is 0.612. The van der Waals surface area contributed by atoms with Crippen LogP contribution < -0.4 is 0 Å². The van der Waals surface area contributed by atoms with Crippen molar-refractivity contribution < 1.29 is 14.3 Å². The molecule has 0 heterocycles. The monoisotopic (exact) mass is 310 g/mol. The molecule has 0 saturated heterocycles. The SMILES string of the molecule is CC(OC(=O)C(=O)C1CCCCC1)c1ccc2ccccc2c1. The molecule has 0 N–H and O–H groups in total. The fraction of sp³-hybridized carbons (Fsp3) is 0.400. The van der Waals surface area contributed by atoms with Gasteiger partial charge in [0.05, 0.1) is 0 Å². The third-order valence-electron chi connectivity index (χ3n) is 4.70.